The number of rotatable bonds is 3. The number of benzene rings is 1. The summed E-state index contributed by atoms with van der Waals surface area (Å²) in [6.45, 7) is 4.40. The van der Waals surface area contributed by atoms with Crippen molar-refractivity contribution in [3.63, 3.8) is 0 Å². The molecule has 90 valence electrons. The van der Waals surface area contributed by atoms with Crippen molar-refractivity contribution in [3.8, 4) is 6.07 Å². The molecule has 1 saturated heterocycles. The Kier molecular flexibility index (Phi) is 4.13. The van der Waals surface area contributed by atoms with Gasteiger partial charge >= 0.3 is 0 Å². The molecule has 0 bridgehead atoms. The maximum Gasteiger partial charge on any atom is 0.0991 e. The minimum Gasteiger partial charge on any atom is -0.317 e. The summed E-state index contributed by atoms with van der Waals surface area (Å²) < 4.78 is 0. The van der Waals surface area contributed by atoms with Crippen molar-refractivity contribution >= 4 is 0 Å². The minimum atomic E-state index is 0.353. The number of piperidine rings is 1. The largest absolute Gasteiger partial charge is 0.317 e. The van der Waals surface area contributed by atoms with Crippen LogP contribution in [-0.2, 0) is 0 Å². The van der Waals surface area contributed by atoms with E-state index in [1.165, 1.54) is 18.4 Å². The van der Waals surface area contributed by atoms with Crippen molar-refractivity contribution in [3.05, 3.63) is 35.4 Å². The maximum atomic E-state index is 8.76. The molecule has 1 aliphatic rings. The van der Waals surface area contributed by atoms with Crippen LogP contribution in [-0.4, -0.2) is 19.1 Å². The van der Waals surface area contributed by atoms with E-state index in [0.29, 0.717) is 12.1 Å². The van der Waals surface area contributed by atoms with Crippen LogP contribution in [0.15, 0.2) is 24.3 Å². The van der Waals surface area contributed by atoms with E-state index in [1.54, 1.807) is 0 Å². The van der Waals surface area contributed by atoms with Gasteiger partial charge in [0.15, 0.2) is 0 Å². The van der Waals surface area contributed by atoms with Gasteiger partial charge in [0.05, 0.1) is 11.6 Å². The van der Waals surface area contributed by atoms with Crippen LogP contribution in [0, 0.1) is 11.3 Å². The Balaban J connectivity index is 1.94. The van der Waals surface area contributed by atoms with Gasteiger partial charge in [0, 0.05) is 12.1 Å². The third-order valence-electron chi connectivity index (χ3n) is 3.36. The van der Waals surface area contributed by atoms with Crippen LogP contribution >= 0.6 is 0 Å². The highest BCUT2D eigenvalue weighted by Crippen LogP contribution is 2.16. The monoisotopic (exact) mass is 229 g/mol. The summed E-state index contributed by atoms with van der Waals surface area (Å²) in [7, 11) is 0. The van der Waals surface area contributed by atoms with Crippen LogP contribution in [0.25, 0.3) is 0 Å². The second kappa shape index (κ2) is 5.81. The zero-order valence-electron chi connectivity index (χ0n) is 10.2. The van der Waals surface area contributed by atoms with Gasteiger partial charge in [-0.3, -0.25) is 0 Å². The summed E-state index contributed by atoms with van der Waals surface area (Å²) in [6, 6.07) is 11.0. The fraction of sp³-hybridized carbons (Fsp3) is 0.500. The standard InChI is InChI=1S/C14H19N3/c1-11(17-14-6-8-16-9-7-14)13-4-2-12(10-15)3-5-13/h2-5,11,14,16-17H,6-9H2,1H3. The molecule has 1 aromatic carbocycles. The average Bonchev–Trinajstić information content (AvgIpc) is 2.40. The highest BCUT2D eigenvalue weighted by atomic mass is 15.0. The van der Waals surface area contributed by atoms with E-state index in [-0.39, 0.29) is 0 Å². The first-order valence-corrected chi connectivity index (χ1v) is 6.26. The maximum absolute atomic E-state index is 8.76. The van der Waals surface area contributed by atoms with Gasteiger partial charge in [-0.05, 0) is 50.6 Å². The van der Waals surface area contributed by atoms with Crippen molar-refractivity contribution in [2.45, 2.75) is 31.8 Å². The Morgan fingerprint density at radius 2 is 1.94 bits per heavy atom. The highest BCUT2D eigenvalue weighted by molar-refractivity contribution is 5.32. The molecule has 0 aromatic heterocycles. The van der Waals surface area contributed by atoms with Crippen LogP contribution in [0.4, 0.5) is 0 Å². The number of nitriles is 1. The molecule has 17 heavy (non-hydrogen) atoms. The van der Waals surface area contributed by atoms with E-state index < -0.39 is 0 Å². The van der Waals surface area contributed by atoms with Crippen molar-refractivity contribution < 1.29 is 0 Å². The molecule has 1 aromatic rings. The number of hydrogen-bond acceptors (Lipinski definition) is 3. The number of nitrogens with zero attached hydrogens (tertiary/aromatic N) is 1. The Labute approximate surface area is 103 Å². The molecule has 0 spiro atoms. The highest BCUT2D eigenvalue weighted by Gasteiger charge is 2.15. The molecule has 0 amide bonds. The first-order chi connectivity index (χ1) is 8.29. The van der Waals surface area contributed by atoms with E-state index in [4.69, 9.17) is 5.26 Å². The summed E-state index contributed by atoms with van der Waals surface area (Å²) >= 11 is 0. The number of nitrogens with one attached hydrogen (secondary N) is 2. The van der Waals surface area contributed by atoms with Gasteiger partial charge in [0.1, 0.15) is 0 Å². The first-order valence-electron chi connectivity index (χ1n) is 6.26. The predicted molar refractivity (Wildman–Crippen MR) is 68.6 cm³/mol. The van der Waals surface area contributed by atoms with Crippen molar-refractivity contribution in [2.75, 3.05) is 13.1 Å². The fourth-order valence-corrected chi connectivity index (χ4v) is 2.28. The van der Waals surface area contributed by atoms with Gasteiger partial charge in [-0.1, -0.05) is 12.1 Å². The SMILES string of the molecule is CC(NC1CCNCC1)c1ccc(C#N)cc1. The molecule has 1 heterocycles. The van der Waals surface area contributed by atoms with E-state index in [1.807, 2.05) is 24.3 Å². The molecule has 0 aliphatic carbocycles. The third kappa shape index (κ3) is 3.29. The van der Waals surface area contributed by atoms with Crippen molar-refractivity contribution in [1.29, 1.82) is 5.26 Å². The summed E-state index contributed by atoms with van der Waals surface area (Å²) in [5.41, 5.74) is 1.98. The van der Waals surface area contributed by atoms with Gasteiger partial charge in [-0.25, -0.2) is 0 Å². The predicted octanol–water partition coefficient (Wildman–Crippen LogP) is 1.96. The number of hydrogen-bond donors (Lipinski definition) is 2. The summed E-state index contributed by atoms with van der Waals surface area (Å²) in [5, 5.41) is 15.8. The topological polar surface area (TPSA) is 47.8 Å². The Hall–Kier alpha value is -1.37. The molecule has 1 fully saturated rings. The smallest absolute Gasteiger partial charge is 0.0991 e. The molecule has 2 N–H and O–H groups in total. The van der Waals surface area contributed by atoms with Crippen molar-refractivity contribution in [1.82, 2.24) is 10.6 Å². The van der Waals surface area contributed by atoms with Gasteiger partial charge < -0.3 is 10.6 Å². The van der Waals surface area contributed by atoms with Gasteiger partial charge in [0.25, 0.3) is 0 Å². The van der Waals surface area contributed by atoms with Crippen LogP contribution in [0.3, 0.4) is 0 Å². The normalized spacial score (nSPS) is 18.6. The minimum absolute atomic E-state index is 0.353. The Bertz CT molecular complexity index is 385. The lowest BCUT2D eigenvalue weighted by molar-refractivity contribution is 0.359. The van der Waals surface area contributed by atoms with Crippen LogP contribution < -0.4 is 10.6 Å². The molecule has 1 atom stereocenters. The molecule has 0 saturated carbocycles. The van der Waals surface area contributed by atoms with Crippen LogP contribution in [0.2, 0.25) is 0 Å². The van der Waals surface area contributed by atoms with E-state index >= 15 is 0 Å². The zero-order valence-corrected chi connectivity index (χ0v) is 10.2. The van der Waals surface area contributed by atoms with Gasteiger partial charge in [0.2, 0.25) is 0 Å². The lowest BCUT2D eigenvalue weighted by Crippen LogP contribution is -2.40. The van der Waals surface area contributed by atoms with E-state index in [2.05, 4.69) is 23.6 Å². The summed E-state index contributed by atoms with van der Waals surface area (Å²) in [4.78, 5) is 0. The molecule has 3 nitrogen and oxygen atoms in total. The molecule has 1 aliphatic heterocycles. The second-order valence-corrected chi connectivity index (χ2v) is 4.65. The molecule has 0 radical (unpaired) electrons. The van der Waals surface area contributed by atoms with Crippen LogP contribution in [0.1, 0.15) is 36.9 Å². The van der Waals surface area contributed by atoms with E-state index in [0.717, 1.165) is 18.7 Å². The lowest BCUT2D eigenvalue weighted by Gasteiger charge is -2.27. The summed E-state index contributed by atoms with van der Waals surface area (Å²) in [5.74, 6) is 0. The molecular weight excluding hydrogens is 210 g/mol. The Morgan fingerprint density at radius 1 is 1.29 bits per heavy atom. The molecule has 3 heteroatoms. The third-order valence-corrected chi connectivity index (χ3v) is 3.36. The first kappa shape index (κ1) is 12.1. The summed E-state index contributed by atoms with van der Waals surface area (Å²) in [6.07, 6.45) is 2.39. The molecule has 1 unspecified atom stereocenters. The Morgan fingerprint density at radius 3 is 2.53 bits per heavy atom. The molecule has 2 rings (SSSR count). The second-order valence-electron chi connectivity index (χ2n) is 4.65. The zero-order chi connectivity index (χ0) is 12.1. The van der Waals surface area contributed by atoms with Gasteiger partial charge in [-0.15, -0.1) is 0 Å². The van der Waals surface area contributed by atoms with Gasteiger partial charge in [-0.2, -0.15) is 5.26 Å². The van der Waals surface area contributed by atoms with Crippen LogP contribution in [0.5, 0.6) is 0 Å². The average molecular weight is 229 g/mol. The molecular formula is C14H19N3. The van der Waals surface area contributed by atoms with Crippen molar-refractivity contribution in [2.24, 2.45) is 0 Å². The fourth-order valence-electron chi connectivity index (χ4n) is 2.28. The quantitative estimate of drug-likeness (QED) is 0.833. The van der Waals surface area contributed by atoms with E-state index in [9.17, 15) is 0 Å². The lowest BCUT2D eigenvalue weighted by atomic mass is 10.0.